The smallest absolute Gasteiger partial charge is 0.231 e. The van der Waals surface area contributed by atoms with Crippen LogP contribution in [0.2, 0.25) is 0 Å². The molecule has 0 radical (unpaired) electrons. The number of rotatable bonds is 7. The van der Waals surface area contributed by atoms with E-state index < -0.39 is 0 Å². The molecule has 5 aromatic carbocycles. The van der Waals surface area contributed by atoms with Crippen LogP contribution in [0.1, 0.15) is 5.56 Å². The fourth-order valence-corrected chi connectivity index (χ4v) is 5.06. The fraction of sp³-hybridized carbons (Fsp3) is 0.147. The molecule has 5 heteroatoms. The summed E-state index contributed by atoms with van der Waals surface area (Å²) < 4.78 is 24.5. The third-order valence-electron chi connectivity index (χ3n) is 6.85. The summed E-state index contributed by atoms with van der Waals surface area (Å²) >= 11 is 0. The molecule has 5 nitrogen and oxygen atoms in total. The summed E-state index contributed by atoms with van der Waals surface area (Å²) in [6, 6.07) is 34.0. The molecule has 0 atom stereocenters. The molecule has 6 rings (SSSR count). The average Bonchev–Trinajstić information content (AvgIpc) is 3.45. The lowest BCUT2D eigenvalue weighted by molar-refractivity contribution is -0.458. The van der Waals surface area contributed by atoms with Gasteiger partial charge in [0.1, 0.15) is 19.8 Å². The van der Waals surface area contributed by atoms with Gasteiger partial charge in [0.2, 0.25) is 6.79 Å². The normalized spacial score (nSPS) is 12.0. The third kappa shape index (κ3) is 4.97. The molecule has 0 aromatic heterocycles. The van der Waals surface area contributed by atoms with E-state index in [-0.39, 0.29) is 13.6 Å². The first-order valence-corrected chi connectivity index (χ1v) is 12.9. The monoisotopic (exact) mass is 516 g/mol. The van der Waals surface area contributed by atoms with Crippen molar-refractivity contribution in [3.63, 3.8) is 0 Å². The van der Waals surface area contributed by atoms with E-state index in [1.54, 1.807) is 7.11 Å². The molecule has 0 fully saturated rings. The molecule has 0 amide bonds. The van der Waals surface area contributed by atoms with Crippen molar-refractivity contribution in [3.8, 4) is 50.6 Å². The number of hydrogen-bond donors (Lipinski definition) is 0. The first-order valence-electron chi connectivity index (χ1n) is 12.9. The summed E-state index contributed by atoms with van der Waals surface area (Å²) in [5.74, 6) is 2.30. The van der Waals surface area contributed by atoms with Gasteiger partial charge in [-0.25, -0.2) is 4.58 Å². The molecule has 1 aliphatic rings. The molecule has 1 aliphatic heterocycles. The van der Waals surface area contributed by atoms with Crippen LogP contribution in [-0.2, 0) is 4.74 Å². The van der Waals surface area contributed by atoms with E-state index >= 15 is 0 Å². The zero-order valence-electron chi connectivity index (χ0n) is 22.3. The Morgan fingerprint density at radius 3 is 2.28 bits per heavy atom. The van der Waals surface area contributed by atoms with Gasteiger partial charge >= 0.3 is 0 Å². The molecular formula is C34H30NO4+. The maximum absolute atomic E-state index is 5.90. The van der Waals surface area contributed by atoms with Gasteiger partial charge in [-0.1, -0.05) is 60.7 Å². The minimum absolute atomic E-state index is 0.198. The Bertz CT molecular complexity index is 1670. The zero-order chi connectivity index (χ0) is 26.8. The molecule has 0 bridgehead atoms. The van der Waals surface area contributed by atoms with Gasteiger partial charge in [0, 0.05) is 7.11 Å². The minimum atomic E-state index is 0.198. The molecule has 39 heavy (non-hydrogen) atoms. The lowest BCUT2D eigenvalue weighted by Gasteiger charge is -2.15. The number of hydrogen-bond acceptors (Lipinski definition) is 4. The predicted molar refractivity (Wildman–Crippen MR) is 156 cm³/mol. The number of benzene rings is 5. The van der Waals surface area contributed by atoms with Crippen molar-refractivity contribution < 1.29 is 23.5 Å². The Hall–Kier alpha value is -4.61. The number of nitrogens with zero attached hydrogens (tertiary/aromatic N) is 1. The summed E-state index contributed by atoms with van der Waals surface area (Å²) in [6.45, 7) is 0.424. The largest absolute Gasteiger partial charge is 0.468 e. The zero-order valence-corrected chi connectivity index (χ0v) is 22.3. The van der Waals surface area contributed by atoms with Gasteiger partial charge in [0.15, 0.2) is 24.5 Å². The van der Waals surface area contributed by atoms with Crippen molar-refractivity contribution in [1.29, 1.82) is 0 Å². The first-order chi connectivity index (χ1) is 19.1. The van der Waals surface area contributed by atoms with Gasteiger partial charge in [-0.2, -0.15) is 0 Å². The maximum Gasteiger partial charge on any atom is 0.231 e. The summed E-state index contributed by atoms with van der Waals surface area (Å²) in [7, 11) is 5.65. The van der Waals surface area contributed by atoms with Crippen molar-refractivity contribution in [1.82, 2.24) is 0 Å². The van der Waals surface area contributed by atoms with Gasteiger partial charge in [0.25, 0.3) is 0 Å². The van der Waals surface area contributed by atoms with Crippen LogP contribution in [-0.4, -0.2) is 45.6 Å². The molecular weight excluding hydrogens is 486 g/mol. The molecule has 5 aromatic rings. The van der Waals surface area contributed by atoms with Crippen LogP contribution in [0, 0.1) is 0 Å². The standard InChI is InChI=1S/C34H30NO4/c1-35(2)20-32-30(15-16-33-34(32)39-22-38-33)27-17-26-18-28(37-21-36-3)13-14-29(26)31(19-27)25-11-9-24(10-12-25)23-7-5-4-6-8-23/h4-20H,21-22H2,1-3H3/q+1. The second-order valence-electron chi connectivity index (χ2n) is 9.75. The molecule has 0 saturated carbocycles. The number of ether oxygens (including phenoxy) is 4. The Morgan fingerprint density at radius 2 is 1.51 bits per heavy atom. The summed E-state index contributed by atoms with van der Waals surface area (Å²) in [6.07, 6.45) is 2.08. The van der Waals surface area contributed by atoms with Gasteiger partial charge < -0.3 is 18.9 Å². The van der Waals surface area contributed by atoms with E-state index in [2.05, 4.69) is 85.1 Å². The second kappa shape index (κ2) is 10.6. The molecule has 194 valence electrons. The fourth-order valence-electron chi connectivity index (χ4n) is 5.06. The highest BCUT2D eigenvalue weighted by Gasteiger charge is 2.23. The van der Waals surface area contributed by atoms with Crippen LogP contribution >= 0.6 is 0 Å². The predicted octanol–water partition coefficient (Wildman–Crippen LogP) is 7.24. The number of fused-ring (bicyclic) bond motifs is 2. The van der Waals surface area contributed by atoms with E-state index in [0.717, 1.165) is 55.8 Å². The Balaban J connectivity index is 1.54. The van der Waals surface area contributed by atoms with Crippen molar-refractivity contribution in [3.05, 3.63) is 103 Å². The molecule has 0 spiro atoms. The van der Waals surface area contributed by atoms with Crippen LogP contribution in [0.25, 0.3) is 44.2 Å². The van der Waals surface area contributed by atoms with Crippen LogP contribution < -0.4 is 14.2 Å². The average molecular weight is 517 g/mol. The molecule has 1 heterocycles. The van der Waals surface area contributed by atoms with E-state index in [9.17, 15) is 0 Å². The second-order valence-corrected chi connectivity index (χ2v) is 9.75. The SMILES string of the molecule is COCOc1ccc2c(-c3ccc(-c4ccccc4)cc3)cc(-c3ccc4c(c3C=[N+](C)C)OCO4)cc2c1. The summed E-state index contributed by atoms with van der Waals surface area (Å²) in [5, 5.41) is 2.23. The summed E-state index contributed by atoms with van der Waals surface area (Å²) in [5.41, 5.74) is 7.83. The molecule has 0 N–H and O–H groups in total. The van der Waals surface area contributed by atoms with Gasteiger partial charge in [0.05, 0.1) is 5.56 Å². The van der Waals surface area contributed by atoms with Crippen molar-refractivity contribution >= 4 is 17.0 Å². The van der Waals surface area contributed by atoms with Crippen molar-refractivity contribution in [2.45, 2.75) is 0 Å². The molecule has 0 unspecified atom stereocenters. The Morgan fingerprint density at radius 1 is 0.744 bits per heavy atom. The van der Waals surface area contributed by atoms with Crippen LogP contribution in [0.15, 0.2) is 97.1 Å². The van der Waals surface area contributed by atoms with E-state index in [1.807, 2.05) is 36.9 Å². The highest BCUT2D eigenvalue weighted by atomic mass is 16.7. The van der Waals surface area contributed by atoms with Gasteiger partial charge in [-0.05, 0) is 80.6 Å². The molecule has 0 saturated heterocycles. The van der Waals surface area contributed by atoms with Gasteiger partial charge in [-0.3, -0.25) is 0 Å². The first kappa shape index (κ1) is 24.7. The lowest BCUT2D eigenvalue weighted by atomic mass is 9.90. The maximum atomic E-state index is 5.90. The topological polar surface area (TPSA) is 39.9 Å². The molecule has 0 aliphatic carbocycles. The Labute approximate surface area is 228 Å². The Kier molecular flexibility index (Phi) is 6.74. The number of methoxy groups -OCH3 is 1. The van der Waals surface area contributed by atoms with E-state index in [0.29, 0.717) is 0 Å². The van der Waals surface area contributed by atoms with Crippen molar-refractivity contribution in [2.75, 3.05) is 34.8 Å². The quantitative estimate of drug-likeness (QED) is 0.130. The lowest BCUT2D eigenvalue weighted by Crippen LogP contribution is -2.03. The van der Waals surface area contributed by atoms with Crippen LogP contribution in [0.5, 0.6) is 17.2 Å². The van der Waals surface area contributed by atoms with E-state index in [4.69, 9.17) is 18.9 Å². The van der Waals surface area contributed by atoms with Gasteiger partial charge in [-0.15, -0.1) is 0 Å². The third-order valence-corrected chi connectivity index (χ3v) is 6.85. The highest BCUT2D eigenvalue weighted by molar-refractivity contribution is 6.03. The summed E-state index contributed by atoms with van der Waals surface area (Å²) in [4.78, 5) is 0. The van der Waals surface area contributed by atoms with Crippen LogP contribution in [0.4, 0.5) is 0 Å². The minimum Gasteiger partial charge on any atom is -0.468 e. The van der Waals surface area contributed by atoms with E-state index in [1.165, 1.54) is 11.1 Å². The van der Waals surface area contributed by atoms with Crippen molar-refractivity contribution in [2.24, 2.45) is 0 Å². The van der Waals surface area contributed by atoms with Crippen LogP contribution in [0.3, 0.4) is 0 Å². The highest BCUT2D eigenvalue weighted by Crippen LogP contribution is 2.43.